The van der Waals surface area contributed by atoms with Gasteiger partial charge in [0.25, 0.3) is 5.78 Å². The molecule has 0 aliphatic rings. The number of amides is 1. The third-order valence-electron chi connectivity index (χ3n) is 4.22. The van der Waals surface area contributed by atoms with Crippen LogP contribution < -0.4 is 10.6 Å². The molecule has 4 aromatic rings. The number of rotatable bonds is 6. The summed E-state index contributed by atoms with van der Waals surface area (Å²) in [5, 5.41) is 10.1. The molecule has 0 spiro atoms. The van der Waals surface area contributed by atoms with E-state index in [1.54, 1.807) is 29.0 Å². The van der Waals surface area contributed by atoms with Crippen LogP contribution in [0.15, 0.2) is 48.8 Å². The number of aryl methyl sites for hydroxylation is 1. The summed E-state index contributed by atoms with van der Waals surface area (Å²) in [4.78, 5) is 25.0. The summed E-state index contributed by atoms with van der Waals surface area (Å²) in [5.41, 5.74) is 1.69. The quantitative estimate of drug-likeness (QED) is 0.508. The number of nitrogens with one attached hydrogen (secondary N) is 2. The average Bonchev–Trinajstić information content (AvgIpc) is 3.15. The molecule has 1 amide bonds. The third-order valence-corrected chi connectivity index (χ3v) is 4.22. The molecular weight excluding hydrogens is 392 g/mol. The van der Waals surface area contributed by atoms with Gasteiger partial charge in [0, 0.05) is 54.4 Å². The number of pyridine rings is 1. The van der Waals surface area contributed by atoms with E-state index in [2.05, 4.69) is 30.7 Å². The van der Waals surface area contributed by atoms with E-state index in [-0.39, 0.29) is 24.6 Å². The predicted octanol–water partition coefficient (Wildman–Crippen LogP) is 3.21. The molecule has 0 aliphatic heterocycles. The fraction of sp³-hybridized carbons (Fsp3) is 0.150. The minimum Gasteiger partial charge on any atom is -0.369 e. The van der Waals surface area contributed by atoms with E-state index in [0.29, 0.717) is 17.4 Å². The molecule has 152 valence electrons. The van der Waals surface area contributed by atoms with Crippen molar-refractivity contribution < 1.29 is 13.6 Å². The van der Waals surface area contributed by atoms with Gasteiger partial charge in [-0.1, -0.05) is 0 Å². The highest BCUT2D eigenvalue weighted by Crippen LogP contribution is 2.18. The van der Waals surface area contributed by atoms with Crippen molar-refractivity contribution in [2.24, 2.45) is 0 Å². The topological polar surface area (TPSA) is 97.1 Å². The van der Waals surface area contributed by atoms with Crippen molar-refractivity contribution in [2.45, 2.75) is 13.3 Å². The van der Waals surface area contributed by atoms with Crippen LogP contribution in [-0.4, -0.2) is 37.0 Å². The molecule has 0 aliphatic carbocycles. The molecule has 1 aromatic carbocycles. The van der Waals surface area contributed by atoms with E-state index in [1.807, 2.05) is 13.0 Å². The maximum absolute atomic E-state index is 13.2. The Balaban J connectivity index is 1.45. The SMILES string of the molecule is Cc1cc(NCCC(=O)Nc2ccc(F)c(F)c2)n2nc(-c3cccnc3)nc2n1. The van der Waals surface area contributed by atoms with Crippen LogP contribution in [-0.2, 0) is 4.79 Å². The van der Waals surface area contributed by atoms with Crippen LogP contribution in [0.25, 0.3) is 17.2 Å². The van der Waals surface area contributed by atoms with Crippen LogP contribution in [0.2, 0.25) is 0 Å². The summed E-state index contributed by atoms with van der Waals surface area (Å²) in [6.07, 6.45) is 3.43. The monoisotopic (exact) mass is 409 g/mol. The number of aromatic nitrogens is 5. The smallest absolute Gasteiger partial charge is 0.254 e. The summed E-state index contributed by atoms with van der Waals surface area (Å²) in [6, 6.07) is 8.64. The Morgan fingerprint density at radius 3 is 2.77 bits per heavy atom. The highest BCUT2D eigenvalue weighted by Gasteiger charge is 2.12. The van der Waals surface area contributed by atoms with Crippen LogP contribution in [0.1, 0.15) is 12.1 Å². The lowest BCUT2D eigenvalue weighted by Crippen LogP contribution is -2.17. The number of fused-ring (bicyclic) bond motifs is 1. The Labute approximate surface area is 170 Å². The first-order chi connectivity index (χ1) is 14.5. The highest BCUT2D eigenvalue weighted by molar-refractivity contribution is 5.90. The molecule has 0 radical (unpaired) electrons. The second-order valence-electron chi connectivity index (χ2n) is 6.53. The van der Waals surface area contributed by atoms with E-state index in [0.717, 1.165) is 23.4 Å². The molecule has 0 fully saturated rings. The van der Waals surface area contributed by atoms with Gasteiger partial charge in [-0.3, -0.25) is 9.78 Å². The van der Waals surface area contributed by atoms with E-state index < -0.39 is 11.6 Å². The molecule has 3 heterocycles. The molecular formula is C20H17F2N7O. The van der Waals surface area contributed by atoms with Crippen molar-refractivity contribution in [1.29, 1.82) is 0 Å². The Hall–Kier alpha value is -3.95. The second-order valence-corrected chi connectivity index (χ2v) is 6.53. The normalized spacial score (nSPS) is 10.9. The number of benzene rings is 1. The van der Waals surface area contributed by atoms with Gasteiger partial charge in [-0.2, -0.15) is 9.50 Å². The predicted molar refractivity (Wildman–Crippen MR) is 107 cm³/mol. The second kappa shape index (κ2) is 8.19. The highest BCUT2D eigenvalue weighted by atomic mass is 19.2. The number of carbonyl (C=O) groups excluding carboxylic acids is 1. The maximum Gasteiger partial charge on any atom is 0.254 e. The van der Waals surface area contributed by atoms with E-state index >= 15 is 0 Å². The van der Waals surface area contributed by atoms with Crippen LogP contribution >= 0.6 is 0 Å². The summed E-state index contributed by atoms with van der Waals surface area (Å²) in [6.45, 7) is 2.12. The maximum atomic E-state index is 13.2. The lowest BCUT2D eigenvalue weighted by Gasteiger charge is -2.09. The number of hydrogen-bond acceptors (Lipinski definition) is 6. The summed E-state index contributed by atoms with van der Waals surface area (Å²) < 4.78 is 27.8. The fourth-order valence-electron chi connectivity index (χ4n) is 2.83. The molecule has 10 heteroatoms. The van der Waals surface area contributed by atoms with Crippen molar-refractivity contribution in [3.63, 3.8) is 0 Å². The van der Waals surface area contributed by atoms with Crippen molar-refractivity contribution in [2.75, 3.05) is 17.2 Å². The minimum atomic E-state index is -1.02. The van der Waals surface area contributed by atoms with Gasteiger partial charge in [-0.25, -0.2) is 13.8 Å². The Morgan fingerprint density at radius 1 is 1.13 bits per heavy atom. The summed E-state index contributed by atoms with van der Waals surface area (Å²) in [5.74, 6) is -0.796. The number of anilines is 2. The van der Waals surface area contributed by atoms with Gasteiger partial charge in [0.05, 0.1) is 0 Å². The van der Waals surface area contributed by atoms with Gasteiger partial charge in [0.1, 0.15) is 5.82 Å². The summed E-state index contributed by atoms with van der Waals surface area (Å²) in [7, 11) is 0. The first-order valence-corrected chi connectivity index (χ1v) is 9.13. The van der Waals surface area contributed by atoms with Crippen LogP contribution in [0.3, 0.4) is 0 Å². The largest absolute Gasteiger partial charge is 0.369 e. The number of carbonyl (C=O) groups is 1. The van der Waals surface area contributed by atoms with Gasteiger partial charge < -0.3 is 10.6 Å². The zero-order chi connectivity index (χ0) is 21.1. The molecule has 0 saturated heterocycles. The first-order valence-electron chi connectivity index (χ1n) is 9.13. The Kier molecular flexibility index (Phi) is 5.29. The van der Waals surface area contributed by atoms with Crippen molar-refractivity contribution in [3.8, 4) is 11.4 Å². The molecule has 3 aromatic heterocycles. The van der Waals surface area contributed by atoms with Gasteiger partial charge in [0.15, 0.2) is 17.5 Å². The molecule has 30 heavy (non-hydrogen) atoms. The minimum absolute atomic E-state index is 0.103. The number of nitrogens with zero attached hydrogens (tertiary/aromatic N) is 5. The molecule has 0 saturated carbocycles. The van der Waals surface area contributed by atoms with Gasteiger partial charge >= 0.3 is 0 Å². The molecule has 0 unspecified atom stereocenters. The molecule has 0 atom stereocenters. The molecule has 2 N–H and O–H groups in total. The molecule has 0 bridgehead atoms. The fourth-order valence-corrected chi connectivity index (χ4v) is 2.83. The zero-order valence-corrected chi connectivity index (χ0v) is 15.9. The standard InChI is InChI=1S/C20H17F2N7O/c1-12-9-17(24-8-6-18(30)26-14-4-5-15(21)16(22)10-14)29-20(25-12)27-19(28-29)13-3-2-7-23-11-13/h2-5,7,9-11,24H,6,8H2,1H3,(H,26,30). The number of hydrogen-bond donors (Lipinski definition) is 2. The summed E-state index contributed by atoms with van der Waals surface area (Å²) >= 11 is 0. The number of halogens is 2. The van der Waals surface area contributed by atoms with E-state index in [9.17, 15) is 13.6 Å². The Bertz CT molecular complexity index is 1210. The Morgan fingerprint density at radius 2 is 2.00 bits per heavy atom. The van der Waals surface area contributed by atoms with E-state index in [1.165, 1.54) is 6.07 Å². The van der Waals surface area contributed by atoms with Crippen LogP contribution in [0, 0.1) is 18.6 Å². The van der Waals surface area contributed by atoms with Gasteiger partial charge in [-0.05, 0) is 31.2 Å². The van der Waals surface area contributed by atoms with Crippen molar-refractivity contribution >= 4 is 23.2 Å². The van der Waals surface area contributed by atoms with Gasteiger partial charge in [-0.15, -0.1) is 5.10 Å². The average molecular weight is 409 g/mol. The van der Waals surface area contributed by atoms with Crippen molar-refractivity contribution in [3.05, 3.63) is 66.1 Å². The zero-order valence-electron chi connectivity index (χ0n) is 15.9. The van der Waals surface area contributed by atoms with E-state index in [4.69, 9.17) is 0 Å². The van der Waals surface area contributed by atoms with Crippen molar-refractivity contribution in [1.82, 2.24) is 24.6 Å². The van der Waals surface area contributed by atoms with Crippen LogP contribution in [0.4, 0.5) is 20.3 Å². The lowest BCUT2D eigenvalue weighted by molar-refractivity contribution is -0.115. The first kappa shape index (κ1) is 19.4. The third kappa shape index (κ3) is 4.22. The molecule has 4 rings (SSSR count). The van der Waals surface area contributed by atoms with Gasteiger partial charge in [0.2, 0.25) is 5.91 Å². The van der Waals surface area contributed by atoms with Crippen LogP contribution in [0.5, 0.6) is 0 Å². The molecule has 8 nitrogen and oxygen atoms in total. The lowest BCUT2D eigenvalue weighted by atomic mass is 10.3.